The van der Waals surface area contributed by atoms with E-state index in [0.717, 1.165) is 21.6 Å². The number of carbonyl (C=O) groups is 2. The van der Waals surface area contributed by atoms with Gasteiger partial charge in [0.15, 0.2) is 14.4 Å². The van der Waals surface area contributed by atoms with Crippen LogP contribution in [0.1, 0.15) is 57.4 Å². The average Bonchev–Trinajstić information content (AvgIpc) is 3.29. The van der Waals surface area contributed by atoms with Gasteiger partial charge in [-0.15, -0.1) is 0 Å². The van der Waals surface area contributed by atoms with Gasteiger partial charge >= 0.3 is 6.09 Å². The van der Waals surface area contributed by atoms with Crippen LogP contribution in [0.3, 0.4) is 0 Å². The van der Waals surface area contributed by atoms with Crippen LogP contribution in [-0.2, 0) is 36.6 Å². The highest BCUT2D eigenvalue weighted by atomic mass is 28.4. The van der Waals surface area contributed by atoms with Crippen LogP contribution in [0.5, 0.6) is 0 Å². The van der Waals surface area contributed by atoms with Gasteiger partial charge in [0.05, 0.1) is 25.9 Å². The summed E-state index contributed by atoms with van der Waals surface area (Å²) in [5.41, 5.74) is 1.64. The minimum Gasteiger partial charge on any atom is -0.441 e. The minimum atomic E-state index is -2.46. The molecule has 1 aliphatic heterocycles. The van der Waals surface area contributed by atoms with Gasteiger partial charge < -0.3 is 23.7 Å². The monoisotopic (exact) mass is 633 g/mol. The number of hydrogen-bond acceptors (Lipinski definition) is 7. The van der Waals surface area contributed by atoms with Gasteiger partial charge in [-0.05, 0) is 48.7 Å². The van der Waals surface area contributed by atoms with Gasteiger partial charge in [-0.1, -0.05) is 112 Å². The lowest BCUT2D eigenvalue weighted by molar-refractivity contribution is -0.173. The van der Waals surface area contributed by atoms with E-state index < -0.39 is 50.3 Å². The molecule has 1 saturated heterocycles. The Labute approximate surface area is 268 Å². The largest absolute Gasteiger partial charge is 0.441 e. The van der Waals surface area contributed by atoms with Crippen LogP contribution in [0.4, 0.5) is 4.79 Å². The summed E-state index contributed by atoms with van der Waals surface area (Å²) in [6.45, 7) is 14.4. The fraction of sp³-hybridized carbons (Fsp3) is 0.444. The lowest BCUT2D eigenvalue weighted by Crippen LogP contribution is -2.54. The molecule has 0 aliphatic carbocycles. The molecular formula is C36H47NO7Si. The summed E-state index contributed by atoms with van der Waals surface area (Å²) in [6.07, 6.45) is -5.54. The Kier molecular flexibility index (Phi) is 11.0. The Morgan fingerprint density at radius 3 is 1.84 bits per heavy atom. The number of ether oxygens (including phenoxy) is 3. The zero-order chi connectivity index (χ0) is 32.8. The van der Waals surface area contributed by atoms with Gasteiger partial charge in [0.25, 0.3) is 5.91 Å². The fourth-order valence-electron chi connectivity index (χ4n) is 4.93. The van der Waals surface area contributed by atoms with Crippen molar-refractivity contribution >= 4 is 20.3 Å². The molecule has 9 heteroatoms. The highest BCUT2D eigenvalue weighted by molar-refractivity contribution is 6.74. The number of hydrogen-bond donors (Lipinski definition) is 1. The number of nitrogens with zero attached hydrogens (tertiary/aromatic N) is 1. The van der Waals surface area contributed by atoms with E-state index in [0.29, 0.717) is 0 Å². The molecule has 0 bridgehead atoms. The molecule has 0 saturated carbocycles. The van der Waals surface area contributed by atoms with E-state index >= 15 is 0 Å². The minimum absolute atomic E-state index is 0.0285. The van der Waals surface area contributed by atoms with Gasteiger partial charge in [-0.3, -0.25) is 4.79 Å². The summed E-state index contributed by atoms with van der Waals surface area (Å²) in [4.78, 5) is 28.0. The SMILES string of the molecule is CC1(C)CN(C(=O)[C@@H](OCc2ccccc2)[C@@H](O)[C@@H](OCc2ccccc2)[C@H](O[Si](C)(C)C(C)(C)C)c2ccccc2)C(=O)O1. The Bertz CT molecular complexity index is 1390. The summed E-state index contributed by atoms with van der Waals surface area (Å²) >= 11 is 0. The molecule has 1 N–H and O–H groups in total. The number of benzene rings is 3. The van der Waals surface area contributed by atoms with Crippen molar-refractivity contribution in [1.82, 2.24) is 4.90 Å². The first-order valence-corrected chi connectivity index (χ1v) is 18.4. The molecule has 3 aromatic carbocycles. The number of rotatable bonds is 13. The Hall–Kier alpha value is -3.34. The first kappa shape index (κ1) is 34.5. The van der Waals surface area contributed by atoms with Crippen LogP contribution in [-0.4, -0.2) is 60.8 Å². The second-order valence-electron chi connectivity index (χ2n) is 13.7. The van der Waals surface area contributed by atoms with Crippen molar-refractivity contribution in [2.45, 2.75) is 96.0 Å². The van der Waals surface area contributed by atoms with Gasteiger partial charge in [0.2, 0.25) is 0 Å². The second-order valence-corrected chi connectivity index (χ2v) is 18.5. The molecule has 242 valence electrons. The number of amides is 2. The van der Waals surface area contributed by atoms with E-state index in [1.54, 1.807) is 13.8 Å². The third-order valence-electron chi connectivity index (χ3n) is 8.49. The predicted octanol–water partition coefficient (Wildman–Crippen LogP) is 7.04. The molecule has 0 radical (unpaired) electrons. The first-order valence-electron chi connectivity index (χ1n) is 15.4. The van der Waals surface area contributed by atoms with Gasteiger partial charge in [0.1, 0.15) is 17.8 Å². The highest BCUT2D eigenvalue weighted by Crippen LogP contribution is 2.42. The topological polar surface area (TPSA) is 94.5 Å². The highest BCUT2D eigenvalue weighted by Gasteiger charge is 2.49. The van der Waals surface area contributed by atoms with Crippen molar-refractivity contribution in [3.63, 3.8) is 0 Å². The fourth-order valence-corrected chi connectivity index (χ4v) is 6.19. The van der Waals surface area contributed by atoms with Gasteiger partial charge in [0, 0.05) is 0 Å². The normalized spacial score (nSPS) is 17.8. The third kappa shape index (κ3) is 8.89. The van der Waals surface area contributed by atoms with E-state index in [1.807, 2.05) is 91.0 Å². The summed E-state index contributed by atoms with van der Waals surface area (Å²) in [6, 6.07) is 28.6. The summed E-state index contributed by atoms with van der Waals surface area (Å²) in [5, 5.41) is 12.1. The number of aliphatic hydroxyl groups is 1. The van der Waals surface area contributed by atoms with Crippen LogP contribution in [0.15, 0.2) is 91.0 Å². The number of carbonyl (C=O) groups excluding carboxylic acids is 2. The Balaban J connectivity index is 1.77. The standard InChI is InChI=1S/C36H47NO7Si/c1-35(2,3)45(6,7)44-30(28-21-15-10-16-22-28)31(41-23-26-17-11-8-12-18-26)29(38)32(42-24-27-19-13-9-14-20-27)33(39)37-25-36(4,5)43-34(37)40/h8-22,29-32,38H,23-25H2,1-7H3/t29-,30+,31+,32-/m0/s1. The molecule has 0 spiro atoms. The second kappa shape index (κ2) is 14.4. The van der Waals surface area contributed by atoms with E-state index in [-0.39, 0.29) is 24.8 Å². The van der Waals surface area contributed by atoms with E-state index in [4.69, 9.17) is 18.6 Å². The van der Waals surface area contributed by atoms with Crippen LogP contribution in [0.2, 0.25) is 18.1 Å². The van der Waals surface area contributed by atoms with Gasteiger partial charge in [-0.2, -0.15) is 0 Å². The summed E-state index contributed by atoms with van der Waals surface area (Å²) < 4.78 is 25.2. The first-order chi connectivity index (χ1) is 21.2. The Morgan fingerprint density at radius 1 is 0.889 bits per heavy atom. The molecule has 2 amide bonds. The number of aliphatic hydroxyl groups excluding tert-OH is 1. The van der Waals surface area contributed by atoms with Crippen LogP contribution >= 0.6 is 0 Å². The molecule has 3 aromatic rings. The van der Waals surface area contributed by atoms with Gasteiger partial charge in [-0.25, -0.2) is 9.69 Å². The molecule has 1 aliphatic rings. The average molecular weight is 634 g/mol. The van der Waals surface area contributed by atoms with E-state index in [9.17, 15) is 14.7 Å². The van der Waals surface area contributed by atoms with E-state index in [1.165, 1.54) is 0 Å². The van der Waals surface area contributed by atoms with Crippen molar-refractivity contribution in [2.75, 3.05) is 6.54 Å². The summed E-state index contributed by atoms with van der Waals surface area (Å²) in [5.74, 6) is -0.693. The van der Waals surface area contributed by atoms with Crippen molar-refractivity contribution in [3.05, 3.63) is 108 Å². The van der Waals surface area contributed by atoms with Crippen LogP contribution < -0.4 is 0 Å². The quantitative estimate of drug-likeness (QED) is 0.202. The predicted molar refractivity (Wildman–Crippen MR) is 176 cm³/mol. The molecule has 4 rings (SSSR count). The van der Waals surface area contributed by atoms with E-state index in [2.05, 4.69) is 33.9 Å². The zero-order valence-corrected chi connectivity index (χ0v) is 28.4. The molecule has 1 fully saturated rings. The maximum Gasteiger partial charge on any atom is 0.417 e. The summed E-state index contributed by atoms with van der Waals surface area (Å²) in [7, 11) is -2.46. The maximum atomic E-state index is 14.1. The maximum absolute atomic E-state index is 14.1. The molecule has 0 aromatic heterocycles. The number of imide groups is 1. The zero-order valence-electron chi connectivity index (χ0n) is 27.4. The lowest BCUT2D eigenvalue weighted by atomic mass is 9.96. The lowest BCUT2D eigenvalue weighted by Gasteiger charge is -2.43. The van der Waals surface area contributed by atoms with Crippen LogP contribution in [0, 0.1) is 0 Å². The molecule has 1 heterocycles. The molecule has 0 unspecified atom stereocenters. The molecule has 4 atom stereocenters. The number of cyclic esters (lactones) is 1. The van der Waals surface area contributed by atoms with Crippen molar-refractivity contribution in [1.29, 1.82) is 0 Å². The van der Waals surface area contributed by atoms with Crippen molar-refractivity contribution in [2.24, 2.45) is 0 Å². The molecule has 45 heavy (non-hydrogen) atoms. The molecular weight excluding hydrogens is 586 g/mol. The van der Waals surface area contributed by atoms with Crippen molar-refractivity contribution < 1.29 is 33.3 Å². The Morgan fingerprint density at radius 2 is 1.38 bits per heavy atom. The smallest absolute Gasteiger partial charge is 0.417 e. The van der Waals surface area contributed by atoms with Crippen molar-refractivity contribution in [3.8, 4) is 0 Å². The molecule has 8 nitrogen and oxygen atoms in total. The van der Waals surface area contributed by atoms with Crippen LogP contribution in [0.25, 0.3) is 0 Å². The third-order valence-corrected chi connectivity index (χ3v) is 12.9.